The van der Waals surface area contributed by atoms with Gasteiger partial charge in [-0.05, 0) is 43.5 Å². The summed E-state index contributed by atoms with van der Waals surface area (Å²) >= 11 is 0. The molecule has 3 nitrogen and oxygen atoms in total. The number of amides is 1. The third-order valence-electron chi connectivity index (χ3n) is 3.49. The summed E-state index contributed by atoms with van der Waals surface area (Å²) in [7, 11) is 0. The lowest BCUT2D eigenvalue weighted by atomic mass is 10.1. The van der Waals surface area contributed by atoms with Crippen molar-refractivity contribution in [1.29, 1.82) is 0 Å². The first-order valence-electron chi connectivity index (χ1n) is 6.20. The molecule has 17 heavy (non-hydrogen) atoms. The van der Waals surface area contributed by atoms with E-state index in [1.807, 2.05) is 24.3 Å². The van der Waals surface area contributed by atoms with E-state index in [2.05, 4.69) is 0 Å². The third-order valence-corrected chi connectivity index (χ3v) is 3.49. The Morgan fingerprint density at radius 3 is 2.41 bits per heavy atom. The second kappa shape index (κ2) is 3.99. The molecule has 3 rings (SSSR count). The molecule has 1 amide bonds. The second-order valence-corrected chi connectivity index (χ2v) is 4.83. The molecule has 0 spiro atoms. The molecule has 0 bridgehead atoms. The van der Waals surface area contributed by atoms with Crippen molar-refractivity contribution in [2.45, 2.75) is 25.7 Å². The summed E-state index contributed by atoms with van der Waals surface area (Å²) in [5.41, 5.74) is 1.70. The van der Waals surface area contributed by atoms with Crippen LogP contribution in [0.3, 0.4) is 0 Å². The zero-order valence-corrected chi connectivity index (χ0v) is 9.69. The molecule has 1 aromatic carbocycles. The lowest BCUT2D eigenvalue weighted by molar-refractivity contribution is -0.117. The number of ketones is 1. The molecular formula is C14H15NO2. The minimum Gasteiger partial charge on any atom is -0.312 e. The van der Waals surface area contributed by atoms with Crippen LogP contribution in [-0.4, -0.2) is 18.2 Å². The van der Waals surface area contributed by atoms with Gasteiger partial charge in [0.1, 0.15) is 0 Å². The van der Waals surface area contributed by atoms with Crippen LogP contribution in [0.15, 0.2) is 24.3 Å². The first-order valence-corrected chi connectivity index (χ1v) is 6.20. The Bertz CT molecular complexity index is 460. The minimum atomic E-state index is 0.186. The molecule has 1 saturated carbocycles. The molecule has 0 N–H and O–H groups in total. The number of nitrogens with zero attached hydrogens (tertiary/aromatic N) is 1. The van der Waals surface area contributed by atoms with Crippen LogP contribution >= 0.6 is 0 Å². The van der Waals surface area contributed by atoms with Crippen LogP contribution in [-0.2, 0) is 4.79 Å². The molecule has 1 aliphatic heterocycles. The van der Waals surface area contributed by atoms with E-state index in [9.17, 15) is 9.59 Å². The van der Waals surface area contributed by atoms with Gasteiger partial charge in [0.25, 0.3) is 0 Å². The van der Waals surface area contributed by atoms with Crippen LogP contribution < -0.4 is 4.90 Å². The fourth-order valence-corrected chi connectivity index (χ4v) is 2.31. The number of carbonyl (C=O) groups excluding carboxylic acids is 2. The van der Waals surface area contributed by atoms with Crippen LogP contribution in [0, 0.1) is 5.92 Å². The fourth-order valence-electron chi connectivity index (χ4n) is 2.31. The number of hydrogen-bond donors (Lipinski definition) is 0. The lowest BCUT2D eigenvalue weighted by Crippen LogP contribution is -2.23. The first kappa shape index (κ1) is 10.5. The normalized spacial score (nSPS) is 19.8. The Balaban J connectivity index is 1.79. The highest BCUT2D eigenvalue weighted by Crippen LogP contribution is 2.33. The van der Waals surface area contributed by atoms with Crippen LogP contribution in [0.2, 0.25) is 0 Å². The molecule has 88 valence electrons. The van der Waals surface area contributed by atoms with Gasteiger partial charge in [-0.3, -0.25) is 9.59 Å². The van der Waals surface area contributed by atoms with Crippen molar-refractivity contribution in [1.82, 2.24) is 0 Å². The quantitative estimate of drug-likeness (QED) is 0.746. The van der Waals surface area contributed by atoms with Gasteiger partial charge in [0.05, 0.1) is 0 Å². The molecule has 2 fully saturated rings. The van der Waals surface area contributed by atoms with Crippen molar-refractivity contribution in [2.24, 2.45) is 5.92 Å². The predicted molar refractivity (Wildman–Crippen MR) is 65.1 cm³/mol. The summed E-state index contributed by atoms with van der Waals surface area (Å²) in [4.78, 5) is 25.2. The highest BCUT2D eigenvalue weighted by Gasteiger charge is 2.30. The molecule has 0 unspecified atom stereocenters. The topological polar surface area (TPSA) is 37.4 Å². The largest absolute Gasteiger partial charge is 0.312 e. The number of rotatable bonds is 3. The van der Waals surface area contributed by atoms with Gasteiger partial charge >= 0.3 is 0 Å². The number of hydrogen-bond acceptors (Lipinski definition) is 2. The van der Waals surface area contributed by atoms with E-state index in [0.29, 0.717) is 6.42 Å². The number of carbonyl (C=O) groups is 2. The standard InChI is InChI=1S/C14H15NO2/c16-13-2-1-9-15(13)12-7-5-11(6-8-12)14(17)10-3-4-10/h5-8,10H,1-4,9H2. The molecule has 1 heterocycles. The molecular weight excluding hydrogens is 214 g/mol. The first-order chi connectivity index (χ1) is 8.25. The van der Waals surface area contributed by atoms with E-state index in [4.69, 9.17) is 0 Å². The van der Waals surface area contributed by atoms with Crippen LogP contribution in [0.25, 0.3) is 0 Å². The predicted octanol–water partition coefficient (Wildman–Crippen LogP) is 2.41. The SMILES string of the molecule is O=C(c1ccc(N2CCCC2=O)cc1)C1CC1. The van der Waals surface area contributed by atoms with Gasteiger partial charge in [-0.2, -0.15) is 0 Å². The third kappa shape index (κ3) is 1.97. The number of Topliss-reactive ketones (excluding diaryl/α,β-unsaturated/α-hetero) is 1. The van der Waals surface area contributed by atoms with Gasteiger partial charge < -0.3 is 4.90 Å². The highest BCUT2D eigenvalue weighted by atomic mass is 16.2. The zero-order valence-electron chi connectivity index (χ0n) is 9.69. The smallest absolute Gasteiger partial charge is 0.227 e. The van der Waals surface area contributed by atoms with Gasteiger partial charge in [-0.1, -0.05) is 0 Å². The molecule has 1 aromatic rings. The van der Waals surface area contributed by atoms with Crippen LogP contribution in [0.1, 0.15) is 36.0 Å². The van der Waals surface area contributed by atoms with E-state index in [1.54, 1.807) is 4.90 Å². The maximum Gasteiger partial charge on any atom is 0.227 e. The Kier molecular flexibility index (Phi) is 2.46. The molecule has 0 radical (unpaired) electrons. The van der Waals surface area contributed by atoms with Crippen molar-refractivity contribution < 1.29 is 9.59 Å². The van der Waals surface area contributed by atoms with Gasteiger partial charge in [-0.15, -0.1) is 0 Å². The molecule has 1 aliphatic carbocycles. The average molecular weight is 229 g/mol. The Morgan fingerprint density at radius 1 is 1.18 bits per heavy atom. The Morgan fingerprint density at radius 2 is 1.88 bits per heavy atom. The summed E-state index contributed by atoms with van der Waals surface area (Å²) in [6, 6.07) is 7.47. The number of anilines is 1. The van der Waals surface area contributed by atoms with Gasteiger partial charge in [0.15, 0.2) is 5.78 Å². The molecule has 1 saturated heterocycles. The van der Waals surface area contributed by atoms with E-state index in [1.165, 1.54) is 0 Å². The van der Waals surface area contributed by atoms with Crippen LogP contribution in [0.4, 0.5) is 5.69 Å². The fraction of sp³-hybridized carbons (Fsp3) is 0.429. The Labute approximate surface area is 100 Å². The van der Waals surface area contributed by atoms with Gasteiger partial charge in [-0.25, -0.2) is 0 Å². The highest BCUT2D eigenvalue weighted by molar-refractivity contribution is 6.00. The van der Waals surface area contributed by atoms with E-state index < -0.39 is 0 Å². The molecule has 0 atom stereocenters. The van der Waals surface area contributed by atoms with E-state index in [0.717, 1.165) is 37.1 Å². The summed E-state index contributed by atoms with van der Waals surface area (Å²) in [5.74, 6) is 0.699. The van der Waals surface area contributed by atoms with Crippen molar-refractivity contribution in [3.05, 3.63) is 29.8 Å². The van der Waals surface area contributed by atoms with Crippen molar-refractivity contribution >= 4 is 17.4 Å². The van der Waals surface area contributed by atoms with Gasteiger partial charge in [0, 0.05) is 30.1 Å². The minimum absolute atomic E-state index is 0.186. The van der Waals surface area contributed by atoms with Crippen molar-refractivity contribution in [3.63, 3.8) is 0 Å². The van der Waals surface area contributed by atoms with Gasteiger partial charge in [0.2, 0.25) is 5.91 Å². The van der Waals surface area contributed by atoms with Crippen LogP contribution in [0.5, 0.6) is 0 Å². The molecule has 2 aliphatic rings. The molecule has 0 aromatic heterocycles. The Hall–Kier alpha value is -1.64. The number of benzene rings is 1. The van der Waals surface area contributed by atoms with Crippen molar-refractivity contribution in [3.8, 4) is 0 Å². The maximum absolute atomic E-state index is 11.8. The summed E-state index contributed by atoms with van der Waals surface area (Å²) in [6.45, 7) is 0.800. The lowest BCUT2D eigenvalue weighted by Gasteiger charge is -2.15. The van der Waals surface area contributed by atoms with Crippen molar-refractivity contribution in [2.75, 3.05) is 11.4 Å². The summed E-state index contributed by atoms with van der Waals surface area (Å²) in [6.07, 6.45) is 3.64. The zero-order chi connectivity index (χ0) is 11.8. The average Bonchev–Trinajstić information content (AvgIpc) is 3.12. The maximum atomic E-state index is 11.8. The van der Waals surface area contributed by atoms with E-state index >= 15 is 0 Å². The summed E-state index contributed by atoms with van der Waals surface area (Å²) in [5, 5.41) is 0. The van der Waals surface area contributed by atoms with E-state index in [-0.39, 0.29) is 17.6 Å². The second-order valence-electron chi connectivity index (χ2n) is 4.83. The monoisotopic (exact) mass is 229 g/mol. The molecule has 3 heteroatoms. The summed E-state index contributed by atoms with van der Waals surface area (Å²) < 4.78 is 0.